The zero-order valence-corrected chi connectivity index (χ0v) is 19.2. The topological polar surface area (TPSA) is 161 Å². The van der Waals surface area contributed by atoms with Crippen LogP contribution in [0.3, 0.4) is 0 Å². The fourth-order valence-electron chi connectivity index (χ4n) is 2.90. The molecule has 36 heavy (non-hydrogen) atoms. The number of amides is 2. The number of carboxylic acid groups (broad SMARTS) is 1. The molecule has 3 N–H and O–H groups in total. The van der Waals surface area contributed by atoms with Crippen molar-refractivity contribution in [3.05, 3.63) is 94.9 Å². The third-order valence-corrected chi connectivity index (χ3v) is 4.86. The van der Waals surface area contributed by atoms with Gasteiger partial charge in [-0.2, -0.15) is 0 Å². The van der Waals surface area contributed by atoms with E-state index < -0.39 is 41.9 Å². The van der Waals surface area contributed by atoms with E-state index in [1.165, 1.54) is 42.7 Å². The molecular weight excluding hydrogens is 472 g/mol. The highest BCUT2D eigenvalue weighted by atomic mass is 16.6. The lowest BCUT2D eigenvalue weighted by molar-refractivity contribution is -0.159. The number of carbonyl (C=O) groups is 5. The van der Waals surface area contributed by atoms with Gasteiger partial charge in [-0.25, -0.2) is 14.4 Å². The van der Waals surface area contributed by atoms with Crippen molar-refractivity contribution in [2.45, 2.75) is 26.1 Å². The van der Waals surface area contributed by atoms with Gasteiger partial charge in [0.25, 0.3) is 5.91 Å². The highest BCUT2D eigenvalue weighted by Gasteiger charge is 2.41. The third-order valence-electron chi connectivity index (χ3n) is 4.86. The Morgan fingerprint density at radius 3 is 1.69 bits per heavy atom. The Morgan fingerprint density at radius 2 is 1.25 bits per heavy atom. The third kappa shape index (κ3) is 6.56. The van der Waals surface area contributed by atoms with Crippen molar-refractivity contribution in [1.29, 1.82) is 0 Å². The van der Waals surface area contributed by atoms with Crippen molar-refractivity contribution in [3.63, 3.8) is 0 Å². The normalized spacial score (nSPS) is 12.1. The van der Waals surface area contributed by atoms with Crippen molar-refractivity contribution in [2.75, 3.05) is 0 Å². The molecule has 1 heterocycles. The van der Waals surface area contributed by atoms with E-state index in [4.69, 9.17) is 13.9 Å². The highest BCUT2D eigenvalue weighted by Crippen LogP contribution is 2.14. The van der Waals surface area contributed by atoms with Crippen molar-refractivity contribution in [2.24, 2.45) is 0 Å². The average molecular weight is 494 g/mol. The second-order valence-electron chi connectivity index (χ2n) is 7.64. The van der Waals surface area contributed by atoms with Gasteiger partial charge < -0.3 is 19.0 Å². The Balaban J connectivity index is 1.83. The number of aliphatic carboxylic acids is 1. The van der Waals surface area contributed by atoms with Crippen LogP contribution in [0.25, 0.3) is 0 Å². The summed E-state index contributed by atoms with van der Waals surface area (Å²) in [6, 6.07) is 14.9. The molecule has 2 amide bonds. The smallest absolute Gasteiger partial charge is 0.349 e. The molecular formula is C25H22N2O9. The zero-order valence-electron chi connectivity index (χ0n) is 19.2. The van der Waals surface area contributed by atoms with Gasteiger partial charge in [0.05, 0.1) is 17.4 Å². The largest absolute Gasteiger partial charge is 0.478 e. The quantitative estimate of drug-likeness (QED) is 0.315. The van der Waals surface area contributed by atoms with Gasteiger partial charge in [-0.15, -0.1) is 0 Å². The number of benzene rings is 2. The van der Waals surface area contributed by atoms with Crippen LogP contribution in [0.1, 0.15) is 42.4 Å². The van der Waals surface area contributed by atoms with E-state index in [0.29, 0.717) is 0 Å². The van der Waals surface area contributed by atoms with Gasteiger partial charge in [0.15, 0.2) is 5.76 Å². The molecule has 0 fully saturated rings. The Labute approximate surface area is 205 Å². The number of carbonyl (C=O) groups excluding carboxylic acids is 4. The Kier molecular flexibility index (Phi) is 8.18. The summed E-state index contributed by atoms with van der Waals surface area (Å²) in [5.74, 6) is -6.15. The van der Waals surface area contributed by atoms with Gasteiger partial charge >= 0.3 is 23.8 Å². The molecule has 3 aromatic rings. The van der Waals surface area contributed by atoms with Crippen molar-refractivity contribution >= 4 is 29.7 Å². The zero-order chi connectivity index (χ0) is 26.2. The average Bonchev–Trinajstić information content (AvgIpc) is 3.40. The number of nitrogens with one attached hydrogen (secondary N) is 2. The number of aryl methyl sites for hydroxylation is 2. The summed E-state index contributed by atoms with van der Waals surface area (Å²) in [6.45, 7) is 3.58. The fraction of sp³-hybridized carbons (Fsp3) is 0.160. The molecule has 0 aliphatic heterocycles. The molecule has 0 aliphatic carbocycles. The van der Waals surface area contributed by atoms with Crippen molar-refractivity contribution in [1.82, 2.24) is 10.9 Å². The van der Waals surface area contributed by atoms with E-state index in [2.05, 4.69) is 0 Å². The first-order valence-corrected chi connectivity index (χ1v) is 10.6. The van der Waals surface area contributed by atoms with Crippen LogP contribution in [0.2, 0.25) is 0 Å². The van der Waals surface area contributed by atoms with Gasteiger partial charge in [-0.05, 0) is 50.2 Å². The predicted molar refractivity (Wildman–Crippen MR) is 123 cm³/mol. The lowest BCUT2D eigenvalue weighted by Gasteiger charge is -2.23. The maximum Gasteiger partial charge on any atom is 0.349 e. The molecule has 1 aromatic heterocycles. The molecule has 11 heteroatoms. The van der Waals surface area contributed by atoms with Crippen molar-refractivity contribution in [3.8, 4) is 0 Å². The van der Waals surface area contributed by atoms with Crippen LogP contribution >= 0.6 is 0 Å². The number of hydrogen-bond acceptors (Lipinski definition) is 8. The summed E-state index contributed by atoms with van der Waals surface area (Å²) >= 11 is 0. The molecule has 0 saturated heterocycles. The molecule has 0 saturated carbocycles. The highest BCUT2D eigenvalue weighted by molar-refractivity contribution is 5.98. The molecule has 0 radical (unpaired) electrons. The Morgan fingerprint density at radius 1 is 0.750 bits per heavy atom. The van der Waals surface area contributed by atoms with Crippen LogP contribution in [0, 0.1) is 13.8 Å². The number of hydrazine groups is 1. The number of carboxylic acids is 1. The molecule has 2 aromatic carbocycles. The van der Waals surface area contributed by atoms with E-state index in [1.807, 2.05) is 10.9 Å². The number of esters is 2. The van der Waals surface area contributed by atoms with Crippen LogP contribution in [-0.2, 0) is 19.1 Å². The molecule has 3 rings (SSSR count). The first kappa shape index (κ1) is 25.7. The van der Waals surface area contributed by atoms with E-state index in [0.717, 1.165) is 11.1 Å². The second-order valence-corrected chi connectivity index (χ2v) is 7.64. The van der Waals surface area contributed by atoms with Gasteiger partial charge in [-0.3, -0.25) is 20.4 Å². The van der Waals surface area contributed by atoms with Crippen LogP contribution in [0.15, 0.2) is 71.3 Å². The SMILES string of the molecule is Cc1ccc(C(=O)O[C@H](C(=O)O)[C@H](OC(=O)c2ccc(C)cc2)C(=O)NNC(=O)c2ccco2)cc1. The lowest BCUT2D eigenvalue weighted by Crippen LogP contribution is -2.54. The molecule has 186 valence electrons. The van der Waals surface area contributed by atoms with Crippen LogP contribution in [-0.4, -0.2) is 47.0 Å². The summed E-state index contributed by atoms with van der Waals surface area (Å²) < 4.78 is 15.1. The van der Waals surface area contributed by atoms with E-state index >= 15 is 0 Å². The van der Waals surface area contributed by atoms with Gasteiger partial charge in [-0.1, -0.05) is 35.4 Å². The van der Waals surface area contributed by atoms with E-state index in [1.54, 1.807) is 38.1 Å². The predicted octanol–water partition coefficient (Wildman–Crippen LogP) is 2.19. The minimum Gasteiger partial charge on any atom is -0.478 e. The van der Waals surface area contributed by atoms with Gasteiger partial charge in [0.2, 0.25) is 12.2 Å². The van der Waals surface area contributed by atoms with Gasteiger partial charge in [0.1, 0.15) is 0 Å². The molecule has 0 unspecified atom stereocenters. The maximum absolute atomic E-state index is 12.9. The summed E-state index contributed by atoms with van der Waals surface area (Å²) in [6.07, 6.45) is -3.18. The molecule has 11 nitrogen and oxygen atoms in total. The molecule has 2 atom stereocenters. The maximum atomic E-state index is 12.9. The van der Waals surface area contributed by atoms with Crippen LogP contribution < -0.4 is 10.9 Å². The Bertz CT molecular complexity index is 1250. The summed E-state index contributed by atoms with van der Waals surface area (Å²) in [5.41, 5.74) is 5.70. The first-order valence-electron chi connectivity index (χ1n) is 10.6. The molecule has 0 aliphatic rings. The lowest BCUT2D eigenvalue weighted by atomic mass is 10.1. The fourth-order valence-corrected chi connectivity index (χ4v) is 2.90. The Hall–Kier alpha value is -4.93. The van der Waals surface area contributed by atoms with E-state index in [9.17, 15) is 29.1 Å². The number of hydrogen-bond donors (Lipinski definition) is 3. The summed E-state index contributed by atoms with van der Waals surface area (Å²) in [4.78, 5) is 62.2. The first-order chi connectivity index (χ1) is 17.2. The number of rotatable bonds is 8. The standard InChI is InChI=1S/C25H22N2O9/c1-14-5-9-16(10-6-14)24(32)35-19(22(29)27-26-21(28)18-4-3-13-34-18)20(23(30)31)36-25(33)17-11-7-15(2)8-12-17/h3-13,19-20H,1-2H3,(H,26,28)(H,27,29)(H,30,31)/t19-,20-/m0/s1. The number of furan rings is 1. The second kappa shape index (κ2) is 11.5. The van der Waals surface area contributed by atoms with Crippen LogP contribution in [0.5, 0.6) is 0 Å². The van der Waals surface area contributed by atoms with Crippen molar-refractivity contribution < 1.29 is 43.0 Å². The minimum absolute atomic E-state index is 0.0157. The van der Waals surface area contributed by atoms with E-state index in [-0.39, 0.29) is 16.9 Å². The number of ether oxygens (including phenoxy) is 2. The molecule has 0 bridgehead atoms. The minimum atomic E-state index is -2.24. The summed E-state index contributed by atoms with van der Waals surface area (Å²) in [5, 5.41) is 9.73. The molecule has 0 spiro atoms. The van der Waals surface area contributed by atoms with Crippen LogP contribution in [0.4, 0.5) is 0 Å². The summed E-state index contributed by atoms with van der Waals surface area (Å²) in [7, 11) is 0. The monoisotopic (exact) mass is 494 g/mol. The van der Waals surface area contributed by atoms with Gasteiger partial charge in [0, 0.05) is 0 Å².